The van der Waals surface area contributed by atoms with Crippen LogP contribution in [0.5, 0.6) is 0 Å². The van der Waals surface area contributed by atoms with Gasteiger partial charge in [0.25, 0.3) is 0 Å². The van der Waals surface area contributed by atoms with Crippen LogP contribution in [-0.4, -0.2) is 35.9 Å². The third-order valence-corrected chi connectivity index (χ3v) is 4.04. The lowest BCUT2D eigenvalue weighted by Gasteiger charge is -2.21. The van der Waals surface area contributed by atoms with Crippen LogP contribution in [0.2, 0.25) is 0 Å². The van der Waals surface area contributed by atoms with Gasteiger partial charge >= 0.3 is 0 Å². The summed E-state index contributed by atoms with van der Waals surface area (Å²) in [6.45, 7) is 2.51. The van der Waals surface area contributed by atoms with Crippen molar-refractivity contribution in [2.45, 2.75) is 23.2 Å². The van der Waals surface area contributed by atoms with E-state index in [2.05, 4.69) is 27.6 Å². The highest BCUT2D eigenvalue weighted by Crippen LogP contribution is 2.21. The Hall–Kier alpha value is -1.37. The van der Waals surface area contributed by atoms with Gasteiger partial charge in [-0.1, -0.05) is 23.4 Å². The molecule has 1 aliphatic rings. The summed E-state index contributed by atoms with van der Waals surface area (Å²) < 4.78 is 10.9. The van der Waals surface area contributed by atoms with Crippen LogP contribution in [0.1, 0.15) is 11.7 Å². The van der Waals surface area contributed by atoms with E-state index in [-0.39, 0.29) is 6.10 Å². The van der Waals surface area contributed by atoms with Crippen LogP contribution in [-0.2, 0) is 16.9 Å². The highest BCUT2D eigenvalue weighted by Gasteiger charge is 2.17. The average Bonchev–Trinajstić information content (AvgIpc) is 2.95. The quantitative estimate of drug-likeness (QED) is 0.849. The van der Waals surface area contributed by atoms with Crippen LogP contribution in [0.15, 0.2) is 39.8 Å². The first-order valence-electron chi connectivity index (χ1n) is 6.72. The summed E-state index contributed by atoms with van der Waals surface area (Å²) >= 11 is 1.70. The molecule has 1 aromatic carbocycles. The van der Waals surface area contributed by atoms with Gasteiger partial charge in [0.05, 0.1) is 24.9 Å². The highest BCUT2D eigenvalue weighted by atomic mass is 32.2. The first-order valence-corrected chi connectivity index (χ1v) is 7.70. The summed E-state index contributed by atoms with van der Waals surface area (Å²) in [6.07, 6.45) is 0.814. The minimum atomic E-state index is 0.138. The van der Waals surface area contributed by atoms with Gasteiger partial charge in [0, 0.05) is 18.0 Å². The molecule has 6 heteroatoms. The number of benzene rings is 1. The minimum Gasteiger partial charge on any atom is -0.375 e. The molecule has 0 bridgehead atoms. The van der Waals surface area contributed by atoms with Gasteiger partial charge in [0.15, 0.2) is 5.82 Å². The van der Waals surface area contributed by atoms with Crippen molar-refractivity contribution in [1.82, 2.24) is 15.5 Å². The highest BCUT2D eigenvalue weighted by molar-refractivity contribution is 7.98. The van der Waals surface area contributed by atoms with Crippen molar-refractivity contribution in [3.8, 4) is 0 Å². The van der Waals surface area contributed by atoms with E-state index >= 15 is 0 Å². The smallest absolute Gasteiger partial charge is 0.229 e. The van der Waals surface area contributed by atoms with Crippen molar-refractivity contribution >= 4 is 11.8 Å². The van der Waals surface area contributed by atoms with Crippen molar-refractivity contribution in [3.05, 3.63) is 42.0 Å². The Balaban J connectivity index is 1.51. The minimum absolute atomic E-state index is 0.138. The fraction of sp³-hybridized carbons (Fsp3) is 0.429. The molecule has 1 fully saturated rings. The monoisotopic (exact) mass is 291 g/mol. The number of rotatable bonds is 5. The second-order valence-electron chi connectivity index (χ2n) is 4.61. The second-order valence-corrected chi connectivity index (χ2v) is 5.66. The first kappa shape index (κ1) is 13.6. The standard InChI is InChI=1S/C14H17N3O2S/c1-2-4-12(5-3-1)20-10-13-16-14(19-17-13)8-11-9-15-6-7-18-11/h1-5,11,15H,6-10H2. The molecule has 3 rings (SSSR count). The molecule has 1 aliphatic heterocycles. The van der Waals surface area contributed by atoms with Gasteiger partial charge < -0.3 is 14.6 Å². The molecule has 1 atom stereocenters. The molecule has 0 aliphatic carbocycles. The average molecular weight is 291 g/mol. The maximum absolute atomic E-state index is 5.62. The third kappa shape index (κ3) is 3.82. The van der Waals surface area contributed by atoms with E-state index in [1.165, 1.54) is 4.90 Å². The Kier molecular flexibility index (Phi) is 4.68. The fourth-order valence-electron chi connectivity index (χ4n) is 2.04. The largest absolute Gasteiger partial charge is 0.375 e. The summed E-state index contributed by atoms with van der Waals surface area (Å²) in [5, 5.41) is 7.30. The molecule has 20 heavy (non-hydrogen) atoms. The molecule has 1 aromatic heterocycles. The van der Waals surface area contributed by atoms with E-state index in [0.717, 1.165) is 31.3 Å². The molecule has 0 radical (unpaired) electrons. The Morgan fingerprint density at radius 3 is 3.00 bits per heavy atom. The SMILES string of the molecule is c1ccc(SCc2noc(CC3CNCCO3)n2)cc1. The molecular weight excluding hydrogens is 274 g/mol. The van der Waals surface area contributed by atoms with E-state index in [9.17, 15) is 0 Å². The summed E-state index contributed by atoms with van der Waals surface area (Å²) in [5.41, 5.74) is 0. The molecule has 106 valence electrons. The third-order valence-electron chi connectivity index (χ3n) is 3.03. The molecule has 2 heterocycles. The van der Waals surface area contributed by atoms with Gasteiger partial charge in [-0.3, -0.25) is 0 Å². The Morgan fingerprint density at radius 1 is 1.30 bits per heavy atom. The number of nitrogens with zero attached hydrogens (tertiary/aromatic N) is 2. The van der Waals surface area contributed by atoms with Gasteiger partial charge in [-0.05, 0) is 12.1 Å². The second kappa shape index (κ2) is 6.88. The van der Waals surface area contributed by atoms with Crippen molar-refractivity contribution in [2.75, 3.05) is 19.7 Å². The van der Waals surface area contributed by atoms with E-state index in [1.54, 1.807) is 11.8 Å². The topological polar surface area (TPSA) is 60.2 Å². The summed E-state index contributed by atoms with van der Waals surface area (Å²) in [4.78, 5) is 5.62. The number of morpholine rings is 1. The Morgan fingerprint density at radius 2 is 2.20 bits per heavy atom. The Bertz CT molecular complexity index is 526. The van der Waals surface area contributed by atoms with Gasteiger partial charge in [0.1, 0.15) is 0 Å². The van der Waals surface area contributed by atoms with E-state index in [0.29, 0.717) is 12.3 Å². The number of thioether (sulfide) groups is 1. The molecule has 0 spiro atoms. The molecule has 5 nitrogen and oxygen atoms in total. The van der Waals surface area contributed by atoms with Crippen LogP contribution in [0.25, 0.3) is 0 Å². The van der Waals surface area contributed by atoms with Crippen LogP contribution in [0, 0.1) is 0 Å². The summed E-state index contributed by atoms with van der Waals surface area (Å²) in [7, 11) is 0. The van der Waals surface area contributed by atoms with Crippen LogP contribution >= 0.6 is 11.8 Å². The van der Waals surface area contributed by atoms with Crippen molar-refractivity contribution < 1.29 is 9.26 Å². The van der Waals surface area contributed by atoms with Crippen LogP contribution < -0.4 is 5.32 Å². The normalized spacial score (nSPS) is 19.1. The zero-order valence-electron chi connectivity index (χ0n) is 11.1. The summed E-state index contributed by atoms with van der Waals surface area (Å²) in [6, 6.07) is 10.2. The molecule has 1 N–H and O–H groups in total. The predicted molar refractivity (Wildman–Crippen MR) is 76.6 cm³/mol. The molecule has 0 amide bonds. The molecule has 0 saturated carbocycles. The maximum atomic E-state index is 5.62. The summed E-state index contributed by atoms with van der Waals surface area (Å²) in [5.74, 6) is 2.11. The number of hydrogen-bond donors (Lipinski definition) is 1. The van der Waals surface area contributed by atoms with Crippen LogP contribution in [0.4, 0.5) is 0 Å². The zero-order valence-corrected chi connectivity index (χ0v) is 11.9. The van der Waals surface area contributed by atoms with E-state index in [1.807, 2.05) is 18.2 Å². The maximum Gasteiger partial charge on any atom is 0.229 e. The molecule has 1 saturated heterocycles. The van der Waals surface area contributed by atoms with Gasteiger partial charge in [0.2, 0.25) is 5.89 Å². The number of aromatic nitrogens is 2. The van der Waals surface area contributed by atoms with Gasteiger partial charge in [-0.15, -0.1) is 11.8 Å². The first-order chi connectivity index (χ1) is 9.90. The number of hydrogen-bond acceptors (Lipinski definition) is 6. The zero-order chi connectivity index (χ0) is 13.6. The van der Waals surface area contributed by atoms with Crippen molar-refractivity contribution in [1.29, 1.82) is 0 Å². The van der Waals surface area contributed by atoms with E-state index in [4.69, 9.17) is 9.26 Å². The lowest BCUT2D eigenvalue weighted by Crippen LogP contribution is -2.39. The lowest BCUT2D eigenvalue weighted by atomic mass is 10.2. The number of ether oxygens (including phenoxy) is 1. The number of nitrogens with one attached hydrogen (secondary N) is 1. The van der Waals surface area contributed by atoms with Gasteiger partial charge in [-0.25, -0.2) is 0 Å². The lowest BCUT2D eigenvalue weighted by molar-refractivity contribution is 0.0246. The Labute approximate surface area is 122 Å². The van der Waals surface area contributed by atoms with Crippen molar-refractivity contribution in [2.24, 2.45) is 0 Å². The fourth-order valence-corrected chi connectivity index (χ4v) is 2.80. The predicted octanol–water partition coefficient (Wildman–Crippen LogP) is 1.89. The van der Waals surface area contributed by atoms with Crippen LogP contribution in [0.3, 0.4) is 0 Å². The molecule has 2 aromatic rings. The van der Waals surface area contributed by atoms with E-state index < -0.39 is 0 Å². The molecular formula is C14H17N3O2S. The van der Waals surface area contributed by atoms with Crippen molar-refractivity contribution in [3.63, 3.8) is 0 Å². The van der Waals surface area contributed by atoms with Gasteiger partial charge in [-0.2, -0.15) is 4.98 Å². The molecule has 1 unspecified atom stereocenters.